The van der Waals surface area contributed by atoms with Crippen LogP contribution in [0.2, 0.25) is 0 Å². The number of rotatable bonds is 8. The lowest BCUT2D eigenvalue weighted by Crippen LogP contribution is -2.52. The molecule has 2 aromatic carbocycles. The second-order valence-electron chi connectivity index (χ2n) is 9.13. The van der Waals surface area contributed by atoms with Gasteiger partial charge in [0, 0.05) is 19.0 Å². The van der Waals surface area contributed by atoms with Crippen molar-refractivity contribution in [1.29, 1.82) is 0 Å². The molecule has 2 N–H and O–H groups in total. The fraction of sp³-hybridized carbons (Fsp3) is 0.444. The van der Waals surface area contributed by atoms with E-state index in [1.54, 1.807) is 4.90 Å². The molecule has 1 aliphatic heterocycles. The van der Waals surface area contributed by atoms with E-state index in [0.29, 0.717) is 25.8 Å². The maximum Gasteiger partial charge on any atom is 0.407 e. The molecule has 1 fully saturated rings. The molecule has 0 bridgehead atoms. The summed E-state index contributed by atoms with van der Waals surface area (Å²) in [7, 11) is 0. The van der Waals surface area contributed by atoms with Gasteiger partial charge in [0.05, 0.1) is 5.92 Å². The maximum absolute atomic E-state index is 13.2. The Hall–Kier alpha value is -3.35. The summed E-state index contributed by atoms with van der Waals surface area (Å²) in [6.45, 7) is 2.90. The number of unbranched alkanes of at least 4 members (excludes halogenated alkanes) is 1. The van der Waals surface area contributed by atoms with Crippen molar-refractivity contribution in [3.63, 3.8) is 0 Å². The minimum Gasteiger partial charge on any atom is -0.481 e. The number of nitrogens with zero attached hydrogens (tertiary/aromatic N) is 1. The third-order valence-corrected chi connectivity index (χ3v) is 6.86. The quantitative estimate of drug-likeness (QED) is 0.603. The number of carbonyl (C=O) groups is 3. The van der Waals surface area contributed by atoms with Crippen LogP contribution in [-0.4, -0.2) is 53.7 Å². The zero-order chi connectivity index (χ0) is 24.1. The molecule has 0 spiro atoms. The first-order valence-electron chi connectivity index (χ1n) is 12.1. The molecule has 1 unspecified atom stereocenters. The highest BCUT2D eigenvalue weighted by atomic mass is 16.5. The molecule has 0 saturated carbocycles. The summed E-state index contributed by atoms with van der Waals surface area (Å²) in [6.07, 6.45) is 2.74. The molecule has 0 aromatic heterocycles. The van der Waals surface area contributed by atoms with E-state index in [0.717, 1.165) is 35.1 Å². The maximum atomic E-state index is 13.2. The summed E-state index contributed by atoms with van der Waals surface area (Å²) in [5, 5.41) is 12.1. The zero-order valence-electron chi connectivity index (χ0n) is 19.5. The van der Waals surface area contributed by atoms with Crippen LogP contribution >= 0.6 is 0 Å². The molecule has 2 atom stereocenters. The molecule has 2 aromatic rings. The van der Waals surface area contributed by atoms with Gasteiger partial charge in [-0.05, 0) is 41.5 Å². The van der Waals surface area contributed by atoms with Gasteiger partial charge in [-0.1, -0.05) is 68.3 Å². The molecule has 1 saturated heterocycles. The lowest BCUT2D eigenvalue weighted by atomic mass is 9.97. The lowest BCUT2D eigenvalue weighted by molar-refractivity contribution is -0.146. The molecule has 4 rings (SSSR count). The number of hydrogen-bond acceptors (Lipinski definition) is 4. The standard InChI is InChI=1S/C27H32N2O5/c1-2-3-14-24(25(30)29-15-8-9-18(16-29)26(31)32)28-27(33)34-17-23-21-12-6-4-10-19(21)20-11-5-7-13-22(20)23/h4-7,10-13,18,23-24H,2-3,8-9,14-17H2,1H3,(H,28,33)(H,31,32)/t18-,24?/m1/s1. The average Bonchev–Trinajstić information content (AvgIpc) is 3.18. The average molecular weight is 465 g/mol. The van der Waals surface area contributed by atoms with Gasteiger partial charge in [0.1, 0.15) is 12.6 Å². The number of carboxylic acid groups (broad SMARTS) is 1. The van der Waals surface area contributed by atoms with Gasteiger partial charge in [0.15, 0.2) is 0 Å². The van der Waals surface area contributed by atoms with Crippen LogP contribution in [0.3, 0.4) is 0 Å². The van der Waals surface area contributed by atoms with Crippen molar-refractivity contribution in [2.24, 2.45) is 5.92 Å². The van der Waals surface area contributed by atoms with Crippen LogP contribution in [0.15, 0.2) is 48.5 Å². The molecule has 0 radical (unpaired) electrons. The van der Waals surface area contributed by atoms with Crippen LogP contribution in [0.25, 0.3) is 11.1 Å². The first-order valence-corrected chi connectivity index (χ1v) is 12.1. The van der Waals surface area contributed by atoms with Crippen molar-refractivity contribution in [2.75, 3.05) is 19.7 Å². The number of fused-ring (bicyclic) bond motifs is 3. The predicted molar refractivity (Wildman–Crippen MR) is 128 cm³/mol. The van der Waals surface area contributed by atoms with E-state index in [1.165, 1.54) is 0 Å². The van der Waals surface area contributed by atoms with Crippen molar-refractivity contribution < 1.29 is 24.2 Å². The number of hydrogen-bond donors (Lipinski definition) is 2. The molecule has 7 nitrogen and oxygen atoms in total. The summed E-state index contributed by atoms with van der Waals surface area (Å²) in [6, 6.07) is 15.5. The molecule has 7 heteroatoms. The zero-order valence-corrected chi connectivity index (χ0v) is 19.5. The number of amides is 2. The Morgan fingerprint density at radius 2 is 1.74 bits per heavy atom. The van der Waals surface area contributed by atoms with Crippen LogP contribution < -0.4 is 5.32 Å². The predicted octanol–water partition coefficient (Wildman–Crippen LogP) is 4.41. The van der Waals surface area contributed by atoms with Crippen molar-refractivity contribution in [3.05, 3.63) is 59.7 Å². The van der Waals surface area contributed by atoms with E-state index in [2.05, 4.69) is 29.6 Å². The topological polar surface area (TPSA) is 95.9 Å². The summed E-state index contributed by atoms with van der Waals surface area (Å²) in [4.78, 5) is 38.9. The summed E-state index contributed by atoms with van der Waals surface area (Å²) in [5.41, 5.74) is 4.56. The number of piperidine rings is 1. The number of benzene rings is 2. The van der Waals surface area contributed by atoms with Crippen molar-refractivity contribution >= 4 is 18.0 Å². The third kappa shape index (κ3) is 5.08. The van der Waals surface area contributed by atoms with Crippen LogP contribution in [0.5, 0.6) is 0 Å². The Labute approximate surface area is 200 Å². The minimum atomic E-state index is -0.882. The first-order chi connectivity index (χ1) is 16.5. The Balaban J connectivity index is 1.41. The van der Waals surface area contributed by atoms with Gasteiger partial charge < -0.3 is 20.1 Å². The number of aliphatic carboxylic acids is 1. The smallest absolute Gasteiger partial charge is 0.407 e. The molecule has 34 heavy (non-hydrogen) atoms. The summed E-state index contributed by atoms with van der Waals surface area (Å²) >= 11 is 0. The van der Waals surface area contributed by atoms with Gasteiger partial charge in [0.2, 0.25) is 5.91 Å². The van der Waals surface area contributed by atoms with E-state index in [4.69, 9.17) is 4.74 Å². The minimum absolute atomic E-state index is 0.0543. The first kappa shape index (κ1) is 23.8. The van der Waals surface area contributed by atoms with Gasteiger partial charge >= 0.3 is 12.1 Å². The highest BCUT2D eigenvalue weighted by Crippen LogP contribution is 2.44. The highest BCUT2D eigenvalue weighted by molar-refractivity contribution is 5.86. The van der Waals surface area contributed by atoms with Crippen LogP contribution in [0.4, 0.5) is 4.79 Å². The monoisotopic (exact) mass is 464 g/mol. The van der Waals surface area contributed by atoms with E-state index >= 15 is 0 Å². The van der Waals surface area contributed by atoms with Gasteiger partial charge in [0.25, 0.3) is 0 Å². The summed E-state index contributed by atoms with van der Waals surface area (Å²) < 4.78 is 5.63. The van der Waals surface area contributed by atoms with E-state index in [9.17, 15) is 19.5 Å². The van der Waals surface area contributed by atoms with Crippen molar-refractivity contribution in [1.82, 2.24) is 10.2 Å². The van der Waals surface area contributed by atoms with Gasteiger partial charge in [-0.25, -0.2) is 4.79 Å². The fourth-order valence-corrected chi connectivity index (χ4v) is 5.05. The second kappa shape index (κ2) is 10.7. The number of carbonyl (C=O) groups excluding carboxylic acids is 2. The normalized spacial score (nSPS) is 18.0. The fourth-order valence-electron chi connectivity index (χ4n) is 5.05. The van der Waals surface area contributed by atoms with E-state index in [1.807, 2.05) is 31.2 Å². The number of nitrogens with one attached hydrogen (secondary N) is 1. The van der Waals surface area contributed by atoms with Gasteiger partial charge in [-0.15, -0.1) is 0 Å². The molecule has 1 aliphatic carbocycles. The van der Waals surface area contributed by atoms with Crippen molar-refractivity contribution in [2.45, 2.75) is 51.0 Å². The number of alkyl carbamates (subject to hydrolysis) is 1. The Morgan fingerprint density at radius 1 is 1.09 bits per heavy atom. The van der Waals surface area contributed by atoms with E-state index in [-0.39, 0.29) is 25.0 Å². The van der Waals surface area contributed by atoms with Gasteiger partial charge in [-0.3, -0.25) is 9.59 Å². The molecule has 2 amide bonds. The molecule has 2 aliphatic rings. The molecular weight excluding hydrogens is 432 g/mol. The molecule has 180 valence electrons. The van der Waals surface area contributed by atoms with Crippen LogP contribution in [-0.2, 0) is 14.3 Å². The Kier molecular flexibility index (Phi) is 7.50. The lowest BCUT2D eigenvalue weighted by Gasteiger charge is -2.33. The molecule has 1 heterocycles. The van der Waals surface area contributed by atoms with Crippen molar-refractivity contribution in [3.8, 4) is 11.1 Å². The van der Waals surface area contributed by atoms with E-state index < -0.39 is 24.0 Å². The Morgan fingerprint density at radius 3 is 2.35 bits per heavy atom. The molecular formula is C27H32N2O5. The number of carboxylic acids is 1. The SMILES string of the molecule is CCCCC(NC(=O)OCC1c2ccccc2-c2ccccc21)C(=O)N1CCC[C@@H](C(=O)O)C1. The second-order valence-corrected chi connectivity index (χ2v) is 9.13. The van der Waals surface area contributed by atoms with Crippen LogP contribution in [0, 0.1) is 5.92 Å². The summed E-state index contributed by atoms with van der Waals surface area (Å²) in [5.74, 6) is -1.72. The third-order valence-electron chi connectivity index (χ3n) is 6.86. The Bertz CT molecular complexity index is 1010. The largest absolute Gasteiger partial charge is 0.481 e. The number of ether oxygens (including phenoxy) is 1. The van der Waals surface area contributed by atoms with Gasteiger partial charge in [-0.2, -0.15) is 0 Å². The highest BCUT2D eigenvalue weighted by Gasteiger charge is 2.33. The van der Waals surface area contributed by atoms with Crippen LogP contribution in [0.1, 0.15) is 56.1 Å². The number of likely N-dealkylation sites (tertiary alicyclic amines) is 1.